The minimum absolute atomic E-state index is 0.0176. The fraction of sp³-hybridized carbons (Fsp3) is 0.125. The van der Waals surface area contributed by atoms with Crippen molar-refractivity contribution >= 4 is 17.5 Å². The summed E-state index contributed by atoms with van der Waals surface area (Å²) < 4.78 is 38.5. The Morgan fingerprint density at radius 2 is 1.88 bits per heavy atom. The van der Waals surface area contributed by atoms with Crippen LogP contribution in [-0.2, 0) is 0 Å². The van der Waals surface area contributed by atoms with Crippen LogP contribution in [0.15, 0.2) is 42.7 Å². The highest BCUT2D eigenvalue weighted by molar-refractivity contribution is 5.99. The summed E-state index contributed by atoms with van der Waals surface area (Å²) in [5, 5.41) is 1.75. The van der Waals surface area contributed by atoms with E-state index in [-0.39, 0.29) is 17.0 Å². The van der Waals surface area contributed by atoms with Crippen molar-refractivity contribution in [1.29, 1.82) is 0 Å². The number of hydrogen-bond donors (Lipinski definition) is 2. The molecule has 0 unspecified atom stereocenters. The molecule has 2 heterocycles. The quantitative estimate of drug-likeness (QED) is 0.738. The third-order valence-electron chi connectivity index (χ3n) is 3.49. The minimum atomic E-state index is -4.56. The van der Waals surface area contributed by atoms with Gasteiger partial charge in [-0.1, -0.05) is 30.3 Å². The van der Waals surface area contributed by atoms with Gasteiger partial charge >= 0.3 is 6.18 Å². The van der Waals surface area contributed by atoms with Gasteiger partial charge in [-0.25, -0.2) is 9.97 Å². The van der Waals surface area contributed by atoms with Crippen molar-refractivity contribution < 1.29 is 22.8 Å². The fourth-order valence-electron chi connectivity index (χ4n) is 2.36. The Balaban J connectivity index is 2.14. The molecule has 2 amide bonds. The molecular weight excluding hydrogens is 351 g/mol. The Kier molecular flexibility index (Phi) is 4.33. The van der Waals surface area contributed by atoms with Gasteiger partial charge in [0.05, 0.1) is 5.69 Å². The number of primary amides is 1. The lowest BCUT2D eigenvalue weighted by molar-refractivity contribution is -0.123. The monoisotopic (exact) mass is 363 g/mol. The van der Waals surface area contributed by atoms with Crippen molar-refractivity contribution in [2.75, 3.05) is 6.54 Å². The first-order valence-corrected chi connectivity index (χ1v) is 7.34. The summed E-state index contributed by atoms with van der Waals surface area (Å²) in [5.74, 6) is -1.90. The van der Waals surface area contributed by atoms with Gasteiger partial charge < -0.3 is 11.1 Å². The largest absolute Gasteiger partial charge is 0.405 e. The van der Waals surface area contributed by atoms with Crippen LogP contribution in [0.3, 0.4) is 0 Å². The van der Waals surface area contributed by atoms with E-state index in [1.807, 2.05) is 0 Å². The number of fused-ring (bicyclic) bond motifs is 1. The molecule has 3 aromatic rings. The summed E-state index contributed by atoms with van der Waals surface area (Å²) in [4.78, 5) is 31.5. The van der Waals surface area contributed by atoms with Crippen molar-refractivity contribution in [2.45, 2.75) is 6.18 Å². The average Bonchev–Trinajstić information content (AvgIpc) is 3.03. The highest BCUT2D eigenvalue weighted by atomic mass is 19.4. The number of carbonyl (C=O) groups is 2. The molecule has 0 spiro atoms. The molecule has 3 N–H and O–H groups in total. The maximum atomic E-state index is 12.3. The van der Waals surface area contributed by atoms with Gasteiger partial charge in [-0.05, 0) is 11.6 Å². The number of amides is 2. The van der Waals surface area contributed by atoms with Gasteiger partial charge in [0.2, 0.25) is 0 Å². The third-order valence-corrected chi connectivity index (χ3v) is 3.49. The highest BCUT2D eigenvalue weighted by Gasteiger charge is 2.28. The van der Waals surface area contributed by atoms with Crippen LogP contribution in [0.25, 0.3) is 16.9 Å². The van der Waals surface area contributed by atoms with E-state index in [4.69, 9.17) is 5.73 Å². The molecule has 0 bridgehead atoms. The zero-order chi connectivity index (χ0) is 18.9. The number of benzene rings is 1. The van der Waals surface area contributed by atoms with Gasteiger partial charge in [0.25, 0.3) is 11.8 Å². The topological polar surface area (TPSA) is 102 Å². The lowest BCUT2D eigenvalue weighted by atomic mass is 10.1. The number of nitrogens with zero attached hydrogens (tertiary/aromatic N) is 3. The van der Waals surface area contributed by atoms with Crippen LogP contribution < -0.4 is 11.1 Å². The number of nitrogens with one attached hydrogen (secondary N) is 1. The van der Waals surface area contributed by atoms with Crippen LogP contribution >= 0.6 is 0 Å². The number of halogens is 3. The van der Waals surface area contributed by atoms with Gasteiger partial charge in [-0.15, -0.1) is 0 Å². The van der Waals surface area contributed by atoms with Crippen molar-refractivity contribution in [1.82, 2.24) is 19.7 Å². The Morgan fingerprint density at radius 1 is 1.19 bits per heavy atom. The number of hydrogen-bond acceptors (Lipinski definition) is 4. The Morgan fingerprint density at radius 3 is 2.50 bits per heavy atom. The van der Waals surface area contributed by atoms with Crippen LogP contribution in [0.5, 0.6) is 0 Å². The normalized spacial score (nSPS) is 11.5. The van der Waals surface area contributed by atoms with Gasteiger partial charge in [-0.3, -0.25) is 14.0 Å². The molecule has 1 aromatic carbocycles. The average molecular weight is 363 g/mol. The SMILES string of the molecule is NC(=O)c1ncn2c(-c3ccccc3)cc(C(=O)NCC(F)(F)F)nc12. The lowest BCUT2D eigenvalue weighted by Crippen LogP contribution is -2.34. The smallest absolute Gasteiger partial charge is 0.364 e. The first-order valence-electron chi connectivity index (χ1n) is 7.34. The molecule has 0 radical (unpaired) electrons. The molecule has 2 aromatic heterocycles. The second-order valence-corrected chi connectivity index (χ2v) is 5.34. The Hall–Kier alpha value is -3.43. The van der Waals surface area contributed by atoms with Crippen LogP contribution in [0.4, 0.5) is 13.2 Å². The maximum Gasteiger partial charge on any atom is 0.405 e. The molecule has 0 aliphatic heterocycles. The van der Waals surface area contributed by atoms with Gasteiger partial charge in [0.1, 0.15) is 18.6 Å². The molecule has 0 aliphatic rings. The molecule has 0 saturated heterocycles. The number of imidazole rings is 1. The highest BCUT2D eigenvalue weighted by Crippen LogP contribution is 2.23. The van der Waals surface area contributed by atoms with Crippen LogP contribution in [0.1, 0.15) is 21.0 Å². The molecule has 7 nitrogen and oxygen atoms in total. The number of carbonyl (C=O) groups excluding carboxylic acids is 2. The molecule has 0 aliphatic carbocycles. The predicted molar refractivity (Wildman–Crippen MR) is 85.3 cm³/mol. The fourth-order valence-corrected chi connectivity index (χ4v) is 2.36. The van der Waals surface area contributed by atoms with Gasteiger partial charge in [0.15, 0.2) is 11.3 Å². The minimum Gasteiger partial charge on any atom is -0.364 e. The lowest BCUT2D eigenvalue weighted by Gasteiger charge is -2.11. The Bertz CT molecular complexity index is 983. The molecule has 10 heteroatoms. The molecule has 0 saturated carbocycles. The second-order valence-electron chi connectivity index (χ2n) is 5.34. The molecule has 0 atom stereocenters. The number of aromatic nitrogens is 3. The van der Waals surface area contributed by atoms with Gasteiger partial charge in [-0.2, -0.15) is 13.2 Å². The summed E-state index contributed by atoms with van der Waals surface area (Å²) in [6.07, 6.45) is -3.25. The summed E-state index contributed by atoms with van der Waals surface area (Å²) >= 11 is 0. The molecule has 3 rings (SSSR count). The summed E-state index contributed by atoms with van der Waals surface area (Å²) in [6, 6.07) is 10.1. The second kappa shape index (κ2) is 6.47. The van der Waals surface area contributed by atoms with Crippen molar-refractivity contribution in [2.24, 2.45) is 5.73 Å². The zero-order valence-corrected chi connectivity index (χ0v) is 13.1. The number of alkyl halides is 3. The van der Waals surface area contributed by atoms with E-state index in [2.05, 4.69) is 9.97 Å². The summed E-state index contributed by atoms with van der Waals surface area (Å²) in [5.41, 5.74) is 5.83. The van der Waals surface area contributed by atoms with E-state index in [0.717, 1.165) is 0 Å². The Labute approximate surface area is 144 Å². The summed E-state index contributed by atoms with van der Waals surface area (Å²) in [7, 11) is 0. The van der Waals surface area contributed by atoms with E-state index in [1.54, 1.807) is 35.6 Å². The first kappa shape index (κ1) is 17.4. The van der Waals surface area contributed by atoms with Crippen LogP contribution in [0, 0.1) is 0 Å². The van der Waals surface area contributed by atoms with E-state index in [9.17, 15) is 22.8 Å². The maximum absolute atomic E-state index is 12.3. The molecule has 0 fully saturated rings. The van der Waals surface area contributed by atoms with Crippen LogP contribution in [-0.4, -0.2) is 38.9 Å². The first-order chi connectivity index (χ1) is 12.3. The number of rotatable bonds is 4. The van der Waals surface area contributed by atoms with Crippen molar-refractivity contribution in [3.8, 4) is 11.3 Å². The summed E-state index contributed by atoms with van der Waals surface area (Å²) in [6.45, 7) is -1.50. The molecular formula is C16H12F3N5O2. The zero-order valence-electron chi connectivity index (χ0n) is 13.1. The molecule has 26 heavy (non-hydrogen) atoms. The number of nitrogens with two attached hydrogens (primary N) is 1. The van der Waals surface area contributed by atoms with Crippen molar-refractivity contribution in [3.63, 3.8) is 0 Å². The van der Waals surface area contributed by atoms with E-state index >= 15 is 0 Å². The van der Waals surface area contributed by atoms with E-state index < -0.39 is 24.5 Å². The van der Waals surface area contributed by atoms with Gasteiger partial charge in [0, 0.05) is 0 Å². The standard InChI is InChI=1S/C16H12F3N5O2/c17-16(18,19)7-21-15(26)10-6-11(9-4-2-1-3-5-9)24-8-22-12(13(20)25)14(24)23-10/h1-6,8H,7H2,(H2,20,25)(H,21,26). The predicted octanol–water partition coefficient (Wildman–Crippen LogP) is 1.79. The van der Waals surface area contributed by atoms with E-state index in [0.29, 0.717) is 11.3 Å². The van der Waals surface area contributed by atoms with E-state index in [1.165, 1.54) is 16.8 Å². The third kappa shape index (κ3) is 3.48. The molecule has 134 valence electrons. The van der Waals surface area contributed by atoms with Crippen LogP contribution in [0.2, 0.25) is 0 Å². The van der Waals surface area contributed by atoms with Crippen molar-refractivity contribution in [3.05, 3.63) is 54.1 Å².